The molecule has 0 bridgehead atoms. The number of H-pyrrole nitrogens is 1. The Bertz CT molecular complexity index is 360. The Balaban J connectivity index is 2.80. The zero-order valence-electron chi connectivity index (χ0n) is 7.30. The molecule has 0 atom stereocenters. The molecule has 1 N–H and O–H groups in total. The molecule has 0 aromatic carbocycles. The smallest absolute Gasteiger partial charge is 0.364 e. The molecule has 14 heavy (non-hydrogen) atoms. The van der Waals surface area contributed by atoms with E-state index < -0.39 is 18.3 Å². The summed E-state index contributed by atoms with van der Waals surface area (Å²) in [5.74, 6) is 0. The summed E-state index contributed by atoms with van der Waals surface area (Å²) < 4.78 is 35.8. The van der Waals surface area contributed by atoms with Gasteiger partial charge < -0.3 is 4.90 Å². The lowest BCUT2D eigenvalue weighted by molar-refractivity contribution is -0.119. The molecule has 0 aliphatic heterocycles. The Labute approximate surface area is 77.4 Å². The summed E-state index contributed by atoms with van der Waals surface area (Å²) in [5, 5.41) is 5.46. The second-order valence-corrected chi connectivity index (χ2v) is 2.77. The van der Waals surface area contributed by atoms with Gasteiger partial charge in [0.25, 0.3) is 5.56 Å². The highest BCUT2D eigenvalue weighted by Gasteiger charge is 2.29. The summed E-state index contributed by atoms with van der Waals surface area (Å²) in [6.07, 6.45) is -3.13. The molecule has 0 aliphatic carbocycles. The average molecular weight is 207 g/mol. The van der Waals surface area contributed by atoms with Gasteiger partial charge in [-0.1, -0.05) is 0 Å². The maximum absolute atomic E-state index is 11.9. The summed E-state index contributed by atoms with van der Waals surface area (Å²) in [4.78, 5) is 11.6. The van der Waals surface area contributed by atoms with E-state index in [0.29, 0.717) is 0 Å². The minimum Gasteiger partial charge on any atom is -0.364 e. The van der Waals surface area contributed by atoms with Crippen LogP contribution in [0.2, 0.25) is 0 Å². The Morgan fingerprint density at radius 2 is 2.21 bits per heavy atom. The fraction of sp³-hybridized carbons (Fsp3) is 0.429. The molecule has 0 saturated carbocycles. The third kappa shape index (κ3) is 3.08. The monoisotopic (exact) mass is 207 g/mol. The third-order valence-corrected chi connectivity index (χ3v) is 1.51. The molecule has 0 amide bonds. The number of anilines is 1. The van der Waals surface area contributed by atoms with Crippen molar-refractivity contribution in [2.45, 2.75) is 6.18 Å². The van der Waals surface area contributed by atoms with Crippen LogP contribution in [0.5, 0.6) is 0 Å². The van der Waals surface area contributed by atoms with Crippen LogP contribution in [0.15, 0.2) is 17.1 Å². The van der Waals surface area contributed by atoms with Gasteiger partial charge in [0.05, 0.1) is 11.9 Å². The quantitative estimate of drug-likeness (QED) is 0.779. The topological polar surface area (TPSA) is 49.0 Å². The van der Waals surface area contributed by atoms with E-state index in [4.69, 9.17) is 0 Å². The van der Waals surface area contributed by atoms with Gasteiger partial charge in [-0.3, -0.25) is 4.79 Å². The molecule has 1 rings (SSSR count). The molecule has 1 heterocycles. The van der Waals surface area contributed by atoms with E-state index in [9.17, 15) is 18.0 Å². The van der Waals surface area contributed by atoms with E-state index in [-0.39, 0.29) is 5.69 Å². The molecule has 0 spiro atoms. The van der Waals surface area contributed by atoms with Crippen LogP contribution in [-0.4, -0.2) is 30.0 Å². The van der Waals surface area contributed by atoms with Crippen molar-refractivity contribution in [2.24, 2.45) is 0 Å². The maximum atomic E-state index is 11.9. The van der Waals surface area contributed by atoms with Crippen molar-refractivity contribution in [1.29, 1.82) is 0 Å². The van der Waals surface area contributed by atoms with Gasteiger partial charge in [-0.15, -0.1) is 0 Å². The van der Waals surface area contributed by atoms with Crippen LogP contribution in [0.1, 0.15) is 0 Å². The lowest BCUT2D eigenvalue weighted by atomic mass is 10.4. The van der Waals surface area contributed by atoms with Gasteiger partial charge in [-0.25, -0.2) is 5.10 Å². The molecule has 0 saturated heterocycles. The molecule has 1 aromatic heterocycles. The fourth-order valence-electron chi connectivity index (χ4n) is 0.935. The van der Waals surface area contributed by atoms with Crippen molar-refractivity contribution in [3.8, 4) is 0 Å². The molecule has 4 nitrogen and oxygen atoms in total. The van der Waals surface area contributed by atoms with Crippen LogP contribution in [0.25, 0.3) is 0 Å². The van der Waals surface area contributed by atoms with Crippen molar-refractivity contribution < 1.29 is 13.2 Å². The molecule has 1 aromatic rings. The van der Waals surface area contributed by atoms with E-state index >= 15 is 0 Å². The summed E-state index contributed by atoms with van der Waals surface area (Å²) in [5.41, 5.74) is -0.400. The first-order valence-electron chi connectivity index (χ1n) is 3.71. The highest BCUT2D eigenvalue weighted by atomic mass is 19.4. The van der Waals surface area contributed by atoms with Crippen LogP contribution >= 0.6 is 0 Å². The number of halogens is 3. The van der Waals surface area contributed by atoms with E-state index in [1.807, 2.05) is 0 Å². The van der Waals surface area contributed by atoms with Crippen molar-refractivity contribution >= 4 is 5.69 Å². The Hall–Kier alpha value is -1.53. The Morgan fingerprint density at radius 3 is 2.71 bits per heavy atom. The third-order valence-electron chi connectivity index (χ3n) is 1.51. The highest BCUT2D eigenvalue weighted by Crippen LogP contribution is 2.18. The van der Waals surface area contributed by atoms with Crippen LogP contribution in [-0.2, 0) is 0 Å². The lowest BCUT2D eigenvalue weighted by Gasteiger charge is -2.19. The molecule has 0 unspecified atom stereocenters. The summed E-state index contributed by atoms with van der Waals surface area (Å²) in [6, 6.07) is 1.05. The zero-order chi connectivity index (χ0) is 10.8. The van der Waals surface area contributed by atoms with Crippen LogP contribution in [0.4, 0.5) is 18.9 Å². The highest BCUT2D eigenvalue weighted by molar-refractivity contribution is 5.41. The number of rotatable bonds is 2. The summed E-state index contributed by atoms with van der Waals surface area (Å²) >= 11 is 0. The standard InChI is InChI=1S/C7H8F3N3O/c1-13(4-7(8,9)10)5-2-6(14)12-11-3-5/h2-3H,4H2,1H3,(H,12,14). The van der Waals surface area contributed by atoms with Gasteiger partial charge >= 0.3 is 6.18 Å². The Morgan fingerprint density at radius 1 is 1.57 bits per heavy atom. The molecule has 7 heteroatoms. The van der Waals surface area contributed by atoms with E-state index in [2.05, 4.69) is 10.2 Å². The van der Waals surface area contributed by atoms with E-state index in [1.165, 1.54) is 7.05 Å². The van der Waals surface area contributed by atoms with E-state index in [1.54, 1.807) is 0 Å². The normalized spacial score (nSPS) is 11.4. The van der Waals surface area contributed by atoms with Crippen molar-refractivity contribution in [3.63, 3.8) is 0 Å². The summed E-state index contributed by atoms with van der Waals surface area (Å²) in [6.45, 7) is -1.11. The zero-order valence-corrected chi connectivity index (χ0v) is 7.30. The number of hydrogen-bond acceptors (Lipinski definition) is 3. The van der Waals surface area contributed by atoms with Gasteiger partial charge in [0, 0.05) is 13.1 Å². The summed E-state index contributed by atoms with van der Waals surface area (Å²) in [7, 11) is 1.24. The molecule has 0 radical (unpaired) electrons. The second-order valence-electron chi connectivity index (χ2n) is 2.77. The van der Waals surface area contributed by atoms with Gasteiger partial charge in [0.2, 0.25) is 0 Å². The molecule has 78 valence electrons. The first-order valence-corrected chi connectivity index (χ1v) is 3.71. The predicted molar refractivity (Wildman–Crippen MR) is 44.2 cm³/mol. The number of aromatic nitrogens is 2. The molecular weight excluding hydrogens is 199 g/mol. The first kappa shape index (κ1) is 10.6. The minimum absolute atomic E-state index is 0.131. The number of alkyl halides is 3. The van der Waals surface area contributed by atoms with Gasteiger partial charge in [0.1, 0.15) is 6.54 Å². The van der Waals surface area contributed by atoms with Crippen LogP contribution in [0, 0.1) is 0 Å². The molecular formula is C7H8F3N3O. The lowest BCUT2D eigenvalue weighted by Crippen LogP contribution is -2.31. The SMILES string of the molecule is CN(CC(F)(F)F)c1cn[nH]c(=O)c1. The molecule has 0 aliphatic rings. The van der Waals surface area contributed by atoms with Gasteiger partial charge in [-0.2, -0.15) is 18.3 Å². The Kier molecular flexibility index (Phi) is 2.78. The van der Waals surface area contributed by atoms with Crippen LogP contribution in [0.3, 0.4) is 0 Å². The largest absolute Gasteiger partial charge is 0.405 e. The maximum Gasteiger partial charge on any atom is 0.405 e. The van der Waals surface area contributed by atoms with E-state index in [0.717, 1.165) is 17.2 Å². The predicted octanol–water partition coefficient (Wildman–Crippen LogP) is 0.768. The second kappa shape index (κ2) is 3.69. The first-order chi connectivity index (χ1) is 6.38. The number of aromatic amines is 1. The average Bonchev–Trinajstić information content (AvgIpc) is 2.01. The minimum atomic E-state index is -4.29. The van der Waals surface area contributed by atoms with Gasteiger partial charge in [-0.05, 0) is 0 Å². The fourth-order valence-corrected chi connectivity index (χ4v) is 0.935. The van der Waals surface area contributed by atoms with Crippen molar-refractivity contribution in [3.05, 3.63) is 22.6 Å². The van der Waals surface area contributed by atoms with Crippen molar-refractivity contribution in [1.82, 2.24) is 10.2 Å². The number of nitrogens with zero attached hydrogens (tertiary/aromatic N) is 2. The van der Waals surface area contributed by atoms with Gasteiger partial charge in [0.15, 0.2) is 0 Å². The molecule has 0 fully saturated rings. The number of nitrogens with one attached hydrogen (secondary N) is 1. The van der Waals surface area contributed by atoms with Crippen LogP contribution < -0.4 is 10.5 Å². The van der Waals surface area contributed by atoms with Crippen molar-refractivity contribution in [2.75, 3.05) is 18.5 Å². The number of hydrogen-bond donors (Lipinski definition) is 1.